The third kappa shape index (κ3) is 7.10. The summed E-state index contributed by atoms with van der Waals surface area (Å²) in [5, 5.41) is 18.6. The first kappa shape index (κ1) is 37.9. The Balaban J connectivity index is 1.39. The van der Waals surface area contributed by atoms with Gasteiger partial charge < -0.3 is 5.32 Å². The summed E-state index contributed by atoms with van der Waals surface area (Å²) in [4.78, 5) is 32.8. The quantitative estimate of drug-likeness (QED) is 0.153. The molecule has 0 aliphatic heterocycles. The highest BCUT2D eigenvalue weighted by Crippen LogP contribution is 2.33. The number of nitrogens with zero attached hydrogens (tertiary/aromatic N) is 6. The minimum atomic E-state index is -4.69. The molecule has 17 heteroatoms. The van der Waals surface area contributed by atoms with Crippen LogP contribution in [-0.4, -0.2) is 42.9 Å². The first-order chi connectivity index (χ1) is 25.4. The van der Waals surface area contributed by atoms with Gasteiger partial charge in [-0.2, -0.15) is 31.9 Å². The van der Waals surface area contributed by atoms with Crippen molar-refractivity contribution in [1.82, 2.24) is 29.2 Å². The maximum atomic E-state index is 14.2. The van der Waals surface area contributed by atoms with Crippen molar-refractivity contribution in [3.63, 3.8) is 0 Å². The molecule has 12 nitrogen and oxygen atoms in total. The highest BCUT2D eigenvalue weighted by atomic mass is 32.2. The molecule has 54 heavy (non-hydrogen) atoms. The van der Waals surface area contributed by atoms with Gasteiger partial charge in [0.2, 0.25) is 0 Å². The summed E-state index contributed by atoms with van der Waals surface area (Å²) in [6.45, 7) is 8.39. The lowest BCUT2D eigenvalue weighted by atomic mass is 9.96. The van der Waals surface area contributed by atoms with Crippen molar-refractivity contribution in [1.29, 1.82) is 5.26 Å². The van der Waals surface area contributed by atoms with E-state index in [9.17, 15) is 41.0 Å². The highest BCUT2D eigenvalue weighted by Gasteiger charge is 2.32. The van der Waals surface area contributed by atoms with E-state index in [1.807, 2.05) is 13.0 Å². The fourth-order valence-electron chi connectivity index (χ4n) is 6.23. The zero-order chi connectivity index (χ0) is 39.3. The molecule has 0 saturated carbocycles. The highest BCUT2D eigenvalue weighted by molar-refractivity contribution is 7.85. The lowest BCUT2D eigenvalue weighted by Crippen LogP contribution is -2.38. The van der Waals surface area contributed by atoms with Gasteiger partial charge in [-0.05, 0) is 111 Å². The number of alkyl halides is 3. The normalized spacial score (nSPS) is 12.4. The van der Waals surface area contributed by atoms with Gasteiger partial charge in [-0.1, -0.05) is 6.07 Å². The second kappa shape index (κ2) is 14.2. The van der Waals surface area contributed by atoms with E-state index in [4.69, 9.17) is 0 Å². The first-order valence-electron chi connectivity index (χ1n) is 16.3. The zero-order valence-electron chi connectivity index (χ0n) is 29.4. The van der Waals surface area contributed by atoms with Crippen LogP contribution in [-0.2, 0) is 22.7 Å². The molecule has 2 N–H and O–H groups in total. The number of carbonyl (C=O) groups is 1. The van der Waals surface area contributed by atoms with Crippen LogP contribution in [0, 0.1) is 39.0 Å². The smallest absolute Gasteiger partial charge is 0.328 e. The number of hydrogen-bond donors (Lipinski definition) is 2. The van der Waals surface area contributed by atoms with Crippen LogP contribution >= 0.6 is 11.3 Å². The van der Waals surface area contributed by atoms with Gasteiger partial charge in [-0.25, -0.2) is 23.8 Å². The van der Waals surface area contributed by atoms with Gasteiger partial charge in [-0.3, -0.25) is 9.12 Å². The average molecular weight is 776 g/mol. The Hall–Kier alpha value is -5.83. The number of amides is 1. The number of nitriles is 1. The van der Waals surface area contributed by atoms with Crippen LogP contribution in [0.15, 0.2) is 81.9 Å². The summed E-state index contributed by atoms with van der Waals surface area (Å²) < 4.78 is 78.4. The van der Waals surface area contributed by atoms with Gasteiger partial charge >= 0.3 is 17.9 Å². The molecule has 1 unspecified atom stereocenters. The predicted octanol–water partition coefficient (Wildman–Crippen LogP) is 7.23. The maximum absolute atomic E-state index is 14.2. The Morgan fingerprint density at radius 3 is 2.37 bits per heavy atom. The monoisotopic (exact) mass is 775 g/mol. The molecule has 0 spiro atoms. The van der Waals surface area contributed by atoms with E-state index in [2.05, 4.69) is 15.4 Å². The van der Waals surface area contributed by atoms with Crippen molar-refractivity contribution in [3.8, 4) is 28.8 Å². The zero-order valence-corrected chi connectivity index (χ0v) is 31.1. The van der Waals surface area contributed by atoms with E-state index in [1.165, 1.54) is 47.3 Å². The molecule has 3 aromatic heterocycles. The number of carbonyl (C=O) groups excluding carboxylic acids is 1. The number of halogens is 3. The first-order valence-corrected chi connectivity index (χ1v) is 18.6. The van der Waals surface area contributed by atoms with Crippen molar-refractivity contribution in [3.05, 3.63) is 133 Å². The molecule has 3 aromatic carbocycles. The van der Waals surface area contributed by atoms with Gasteiger partial charge in [-0.15, -0.1) is 11.3 Å². The standard InChI is InChI=1S/C37H32F3N7O5S2/c1-20-21(2)26(16-32(22(20)3)54(50,51)52)15-28-19-53-34(44-28)23(4)43-35(48)46-33(31-13-14-42-47(31)29-11-9-25(18-41)10-12-29)24(5)45(36(46)49)30-8-6-7-27(17-30)37(38,39)40/h6-14,16-17,19,23H,15H2,1-5H3,(H,43,48)(H,50,51,52). The fourth-order valence-corrected chi connectivity index (χ4v) is 7.89. The number of imidazole rings is 1. The molecule has 1 amide bonds. The Morgan fingerprint density at radius 2 is 1.72 bits per heavy atom. The molecule has 3 heterocycles. The number of nitrogens with one attached hydrogen (secondary N) is 1. The van der Waals surface area contributed by atoms with Gasteiger partial charge in [0, 0.05) is 11.8 Å². The second-order valence-corrected chi connectivity index (χ2v) is 14.9. The number of benzene rings is 3. The average Bonchev–Trinajstić information content (AvgIpc) is 3.85. The van der Waals surface area contributed by atoms with Crippen molar-refractivity contribution in [2.45, 2.75) is 58.2 Å². The predicted molar refractivity (Wildman–Crippen MR) is 195 cm³/mol. The minimum Gasteiger partial charge on any atom is -0.328 e. The topological polar surface area (TPSA) is 165 Å². The summed E-state index contributed by atoms with van der Waals surface area (Å²) in [6.07, 6.45) is -3.02. The molecular weight excluding hydrogens is 744 g/mol. The Bertz CT molecular complexity index is 2650. The van der Waals surface area contributed by atoms with Crippen LogP contribution in [0.3, 0.4) is 0 Å². The molecule has 0 saturated heterocycles. The summed E-state index contributed by atoms with van der Waals surface area (Å²) in [7, 11) is -4.47. The SMILES string of the molecule is Cc1c(Cc2csc(C(C)NC(=O)n3c(-c4ccnn4-c4ccc(C#N)cc4)c(C)n(-c4cccc(C(F)(F)F)c4)c3=O)n2)cc(S(=O)(=O)O)c(C)c1C. The molecule has 1 atom stereocenters. The van der Waals surface area contributed by atoms with Crippen LogP contribution < -0.4 is 11.0 Å². The number of thiazole rings is 1. The fraction of sp³-hybridized carbons (Fsp3) is 0.216. The third-order valence-electron chi connectivity index (χ3n) is 9.26. The molecule has 278 valence electrons. The van der Waals surface area contributed by atoms with Crippen molar-refractivity contribution in [2.75, 3.05) is 0 Å². The molecule has 6 aromatic rings. The molecule has 0 fully saturated rings. The molecule has 0 bridgehead atoms. The van der Waals surface area contributed by atoms with E-state index in [-0.39, 0.29) is 34.1 Å². The molecule has 0 aliphatic carbocycles. The summed E-state index contributed by atoms with van der Waals surface area (Å²) >= 11 is 1.23. The van der Waals surface area contributed by atoms with E-state index in [1.54, 1.807) is 56.5 Å². The molecule has 0 radical (unpaired) electrons. The van der Waals surface area contributed by atoms with E-state index >= 15 is 0 Å². The lowest BCUT2D eigenvalue weighted by molar-refractivity contribution is -0.137. The summed E-state index contributed by atoms with van der Waals surface area (Å²) in [5.74, 6) is 0. The van der Waals surface area contributed by atoms with Gasteiger partial charge in [0.15, 0.2) is 0 Å². The molecule has 6 rings (SSSR count). The van der Waals surface area contributed by atoms with E-state index < -0.39 is 39.6 Å². The maximum Gasteiger partial charge on any atom is 0.416 e. The van der Waals surface area contributed by atoms with Crippen molar-refractivity contribution < 1.29 is 30.9 Å². The van der Waals surface area contributed by atoms with Crippen LogP contribution in [0.25, 0.3) is 22.8 Å². The van der Waals surface area contributed by atoms with Crippen molar-refractivity contribution >= 4 is 27.5 Å². The van der Waals surface area contributed by atoms with Gasteiger partial charge in [0.25, 0.3) is 10.1 Å². The number of hydrogen-bond acceptors (Lipinski definition) is 8. The lowest BCUT2D eigenvalue weighted by Gasteiger charge is -2.15. The molecule has 0 aliphatic rings. The summed E-state index contributed by atoms with van der Waals surface area (Å²) in [5.41, 5.74) is 2.55. The minimum absolute atomic E-state index is 0.0589. The van der Waals surface area contributed by atoms with Crippen LogP contribution in [0.1, 0.15) is 62.7 Å². The third-order valence-corrected chi connectivity index (χ3v) is 11.3. The van der Waals surface area contributed by atoms with Crippen LogP contribution in [0.5, 0.6) is 0 Å². The van der Waals surface area contributed by atoms with E-state index in [0.29, 0.717) is 38.6 Å². The largest absolute Gasteiger partial charge is 0.416 e. The Labute approximate surface area is 311 Å². The van der Waals surface area contributed by atoms with Crippen LogP contribution in [0.4, 0.5) is 18.0 Å². The van der Waals surface area contributed by atoms with Gasteiger partial charge in [0.05, 0.1) is 62.8 Å². The Morgan fingerprint density at radius 1 is 1.02 bits per heavy atom. The molecular formula is C37H32F3N7O5S2. The summed E-state index contributed by atoms with van der Waals surface area (Å²) in [6, 6.07) is 14.0. The van der Waals surface area contributed by atoms with Crippen LogP contribution in [0.2, 0.25) is 0 Å². The number of aromatic nitrogens is 5. The van der Waals surface area contributed by atoms with E-state index in [0.717, 1.165) is 26.8 Å². The Kier molecular flexibility index (Phi) is 9.96. The van der Waals surface area contributed by atoms with Gasteiger partial charge in [0.1, 0.15) is 10.7 Å². The second-order valence-electron chi connectivity index (χ2n) is 12.6. The van der Waals surface area contributed by atoms with Crippen molar-refractivity contribution in [2.24, 2.45) is 0 Å². The number of rotatable bonds is 8.